The van der Waals surface area contributed by atoms with Gasteiger partial charge in [-0.2, -0.15) is 10.2 Å². The highest BCUT2D eigenvalue weighted by atomic mass is 127. The molecular weight excluding hydrogens is 447 g/mol. The highest BCUT2D eigenvalue weighted by Gasteiger charge is 2.10. The largest absolute Gasteiger partial charge is 0.504 e. The molecule has 3 aromatic rings. The number of methoxy groups -OCH3 is 1. The van der Waals surface area contributed by atoms with Crippen LogP contribution in [0.3, 0.4) is 0 Å². The van der Waals surface area contributed by atoms with Crippen LogP contribution in [0.4, 0.5) is 0 Å². The van der Waals surface area contributed by atoms with E-state index in [1.807, 2.05) is 52.9 Å². The molecule has 0 saturated carbocycles. The Bertz CT molecular complexity index is 954. The van der Waals surface area contributed by atoms with Crippen molar-refractivity contribution in [3.8, 4) is 22.8 Å². The molecular formula is C18H15IN4O3. The van der Waals surface area contributed by atoms with Crippen molar-refractivity contribution in [1.29, 1.82) is 0 Å². The van der Waals surface area contributed by atoms with Crippen molar-refractivity contribution in [2.24, 2.45) is 5.10 Å². The van der Waals surface area contributed by atoms with E-state index in [1.54, 1.807) is 18.2 Å². The van der Waals surface area contributed by atoms with Crippen molar-refractivity contribution < 1.29 is 14.6 Å². The van der Waals surface area contributed by atoms with E-state index in [0.717, 1.165) is 5.56 Å². The van der Waals surface area contributed by atoms with Gasteiger partial charge in [-0.1, -0.05) is 30.3 Å². The van der Waals surface area contributed by atoms with Crippen LogP contribution >= 0.6 is 22.6 Å². The Morgan fingerprint density at radius 1 is 1.31 bits per heavy atom. The van der Waals surface area contributed by atoms with Crippen molar-refractivity contribution in [2.75, 3.05) is 7.11 Å². The second kappa shape index (κ2) is 8.00. The number of aromatic nitrogens is 2. The molecule has 0 atom stereocenters. The van der Waals surface area contributed by atoms with Gasteiger partial charge in [-0.3, -0.25) is 9.89 Å². The first-order chi connectivity index (χ1) is 12.6. The van der Waals surface area contributed by atoms with Crippen molar-refractivity contribution in [1.82, 2.24) is 15.6 Å². The minimum absolute atomic E-state index is 0.0696. The van der Waals surface area contributed by atoms with Gasteiger partial charge in [0.1, 0.15) is 5.69 Å². The van der Waals surface area contributed by atoms with Crippen molar-refractivity contribution in [3.63, 3.8) is 0 Å². The third-order valence-corrected chi connectivity index (χ3v) is 4.36. The van der Waals surface area contributed by atoms with Gasteiger partial charge in [0.05, 0.1) is 22.6 Å². The first-order valence-electron chi connectivity index (χ1n) is 7.59. The van der Waals surface area contributed by atoms with Gasteiger partial charge in [0, 0.05) is 5.56 Å². The van der Waals surface area contributed by atoms with E-state index < -0.39 is 5.91 Å². The molecule has 0 radical (unpaired) electrons. The molecule has 0 aliphatic heterocycles. The molecule has 0 spiro atoms. The van der Waals surface area contributed by atoms with Gasteiger partial charge in [0.15, 0.2) is 11.5 Å². The van der Waals surface area contributed by atoms with E-state index in [9.17, 15) is 9.90 Å². The number of carbonyl (C=O) groups is 1. The van der Waals surface area contributed by atoms with E-state index in [2.05, 4.69) is 20.7 Å². The third kappa shape index (κ3) is 4.02. The van der Waals surface area contributed by atoms with E-state index in [4.69, 9.17) is 4.74 Å². The van der Waals surface area contributed by atoms with Gasteiger partial charge in [-0.05, 0) is 46.4 Å². The maximum Gasteiger partial charge on any atom is 0.289 e. The lowest BCUT2D eigenvalue weighted by molar-refractivity contribution is 0.0950. The lowest BCUT2D eigenvalue weighted by atomic mass is 10.1. The first kappa shape index (κ1) is 17.9. The number of hydrogen-bond acceptors (Lipinski definition) is 5. The zero-order valence-electron chi connectivity index (χ0n) is 13.7. The predicted octanol–water partition coefficient (Wildman–Crippen LogP) is 3.16. The van der Waals surface area contributed by atoms with Crippen LogP contribution in [0, 0.1) is 3.57 Å². The molecule has 0 aliphatic rings. The number of aromatic amines is 1. The van der Waals surface area contributed by atoms with Crippen LogP contribution in [0.5, 0.6) is 11.5 Å². The summed E-state index contributed by atoms with van der Waals surface area (Å²) in [6, 6.07) is 14.5. The smallest absolute Gasteiger partial charge is 0.289 e. The average molecular weight is 462 g/mol. The van der Waals surface area contributed by atoms with Gasteiger partial charge in [-0.25, -0.2) is 5.43 Å². The van der Waals surface area contributed by atoms with E-state index in [1.165, 1.54) is 13.3 Å². The highest BCUT2D eigenvalue weighted by Crippen LogP contribution is 2.31. The average Bonchev–Trinajstić information content (AvgIpc) is 3.15. The summed E-state index contributed by atoms with van der Waals surface area (Å²) in [6.45, 7) is 0. The number of rotatable bonds is 5. The predicted molar refractivity (Wildman–Crippen MR) is 106 cm³/mol. The van der Waals surface area contributed by atoms with Crippen LogP contribution in [0.1, 0.15) is 16.1 Å². The van der Waals surface area contributed by atoms with Crippen molar-refractivity contribution in [2.45, 2.75) is 0 Å². The molecule has 0 saturated heterocycles. The molecule has 0 aliphatic carbocycles. The number of phenolic OH excluding ortho intramolecular Hbond substituents is 1. The van der Waals surface area contributed by atoms with Crippen LogP contribution in [0.2, 0.25) is 0 Å². The number of nitrogens with zero attached hydrogens (tertiary/aromatic N) is 2. The van der Waals surface area contributed by atoms with Crippen LogP contribution in [-0.4, -0.2) is 34.5 Å². The minimum Gasteiger partial charge on any atom is -0.504 e. The Labute approximate surface area is 163 Å². The molecule has 7 nitrogen and oxygen atoms in total. The fourth-order valence-electron chi connectivity index (χ4n) is 2.24. The first-order valence-corrected chi connectivity index (χ1v) is 8.67. The zero-order valence-corrected chi connectivity index (χ0v) is 15.9. The molecule has 26 heavy (non-hydrogen) atoms. The fourth-order valence-corrected chi connectivity index (χ4v) is 2.87. The Morgan fingerprint density at radius 2 is 2.08 bits per heavy atom. The Balaban J connectivity index is 1.69. The van der Waals surface area contributed by atoms with E-state index in [0.29, 0.717) is 26.3 Å². The quantitative estimate of drug-likeness (QED) is 0.308. The number of nitrogens with one attached hydrogen (secondary N) is 2. The summed E-state index contributed by atoms with van der Waals surface area (Å²) in [5, 5.41) is 20.6. The summed E-state index contributed by atoms with van der Waals surface area (Å²) in [5.74, 6) is 0.00213. The molecule has 0 fully saturated rings. The SMILES string of the molecule is COc1cc(/C=N/NC(=O)c2cc(-c3ccccc3)n[nH]2)cc(I)c1O. The lowest BCUT2D eigenvalue weighted by Gasteiger charge is -2.06. The zero-order chi connectivity index (χ0) is 18.5. The molecule has 1 amide bonds. The van der Waals surface area contributed by atoms with Gasteiger partial charge < -0.3 is 9.84 Å². The summed E-state index contributed by atoms with van der Waals surface area (Å²) < 4.78 is 5.71. The fraction of sp³-hybridized carbons (Fsp3) is 0.0556. The van der Waals surface area contributed by atoms with Gasteiger partial charge in [0.25, 0.3) is 5.91 Å². The van der Waals surface area contributed by atoms with Crippen molar-refractivity contribution in [3.05, 3.63) is 63.4 Å². The lowest BCUT2D eigenvalue weighted by Crippen LogP contribution is -2.18. The number of amides is 1. The summed E-state index contributed by atoms with van der Waals surface area (Å²) in [6.07, 6.45) is 1.47. The van der Waals surface area contributed by atoms with Gasteiger partial charge in [-0.15, -0.1) is 0 Å². The standard InChI is InChI=1S/C18H15IN4O3/c1-26-16-8-11(7-13(19)17(16)24)10-20-23-18(25)15-9-14(21-22-15)12-5-3-2-4-6-12/h2-10,24H,1H3,(H,21,22)(H,23,25)/b20-10+. The Morgan fingerprint density at radius 3 is 2.81 bits per heavy atom. The van der Waals surface area contributed by atoms with Gasteiger partial charge >= 0.3 is 0 Å². The maximum absolute atomic E-state index is 12.2. The van der Waals surface area contributed by atoms with Crippen molar-refractivity contribution >= 4 is 34.7 Å². The van der Waals surface area contributed by atoms with E-state index in [-0.39, 0.29) is 5.75 Å². The molecule has 2 aromatic carbocycles. The Kier molecular flexibility index (Phi) is 5.52. The number of hydrogen-bond donors (Lipinski definition) is 3. The van der Waals surface area contributed by atoms with Gasteiger partial charge in [0.2, 0.25) is 0 Å². The summed E-state index contributed by atoms with van der Waals surface area (Å²) in [5.41, 5.74) is 5.01. The number of H-pyrrole nitrogens is 1. The number of ether oxygens (including phenoxy) is 1. The Hall–Kier alpha value is -2.88. The highest BCUT2D eigenvalue weighted by molar-refractivity contribution is 14.1. The molecule has 0 unspecified atom stereocenters. The molecule has 1 heterocycles. The maximum atomic E-state index is 12.2. The molecule has 8 heteroatoms. The third-order valence-electron chi connectivity index (χ3n) is 3.54. The number of phenols is 1. The summed E-state index contributed by atoms with van der Waals surface area (Å²) in [4.78, 5) is 12.2. The van der Waals surface area contributed by atoms with Crippen LogP contribution in [0.25, 0.3) is 11.3 Å². The summed E-state index contributed by atoms with van der Waals surface area (Å²) in [7, 11) is 1.47. The molecule has 3 N–H and O–H groups in total. The molecule has 3 rings (SSSR count). The minimum atomic E-state index is -0.406. The van der Waals surface area contributed by atoms with E-state index >= 15 is 0 Å². The number of carbonyl (C=O) groups excluding carboxylic acids is 1. The number of benzene rings is 2. The normalized spacial score (nSPS) is 10.8. The van der Waals surface area contributed by atoms with Crippen LogP contribution in [-0.2, 0) is 0 Å². The van der Waals surface area contributed by atoms with Crippen LogP contribution < -0.4 is 10.2 Å². The van der Waals surface area contributed by atoms with Crippen LogP contribution in [0.15, 0.2) is 53.6 Å². The molecule has 0 bridgehead atoms. The number of halogens is 1. The molecule has 132 valence electrons. The number of aromatic hydroxyl groups is 1. The topological polar surface area (TPSA) is 99.6 Å². The second-order valence-corrected chi connectivity index (χ2v) is 6.45. The number of hydrazone groups is 1. The molecule has 1 aromatic heterocycles. The monoisotopic (exact) mass is 462 g/mol. The second-order valence-electron chi connectivity index (χ2n) is 5.29. The summed E-state index contributed by atoms with van der Waals surface area (Å²) >= 11 is 1.99.